The second-order valence-electron chi connectivity index (χ2n) is 4.45. The number of rotatable bonds is 2. The third-order valence-corrected chi connectivity index (χ3v) is 4.31. The highest BCUT2D eigenvalue weighted by molar-refractivity contribution is 7.14. The molecule has 21 heavy (non-hydrogen) atoms. The van der Waals surface area contributed by atoms with Crippen LogP contribution in [0, 0.1) is 25.7 Å². The highest BCUT2D eigenvalue weighted by atomic mass is 35.5. The zero-order chi connectivity index (χ0) is 15.4. The summed E-state index contributed by atoms with van der Waals surface area (Å²) in [6.45, 7) is 3.72. The average molecular weight is 320 g/mol. The number of benzene rings is 1. The number of hydrogen-bond donors (Lipinski definition) is 2. The first-order chi connectivity index (χ1) is 10.0. The van der Waals surface area contributed by atoms with E-state index in [0.717, 1.165) is 10.4 Å². The summed E-state index contributed by atoms with van der Waals surface area (Å²) >= 11 is 7.41. The summed E-state index contributed by atoms with van der Waals surface area (Å²) < 4.78 is 0. The Morgan fingerprint density at radius 2 is 2.14 bits per heavy atom. The minimum absolute atomic E-state index is 0.189. The molecule has 3 nitrogen and oxygen atoms in total. The summed E-state index contributed by atoms with van der Waals surface area (Å²) in [6.07, 6.45) is 0. The number of aliphatic hydroxyl groups excluding tert-OH is 1. The van der Waals surface area contributed by atoms with Crippen LogP contribution in [-0.2, 0) is 0 Å². The van der Waals surface area contributed by atoms with E-state index in [9.17, 15) is 4.79 Å². The van der Waals surface area contributed by atoms with Crippen molar-refractivity contribution in [2.24, 2.45) is 0 Å². The molecule has 0 radical (unpaired) electrons. The summed E-state index contributed by atoms with van der Waals surface area (Å²) in [6, 6.07) is 6.91. The van der Waals surface area contributed by atoms with Gasteiger partial charge in [0.15, 0.2) is 0 Å². The van der Waals surface area contributed by atoms with Gasteiger partial charge in [-0.25, -0.2) is 0 Å². The van der Waals surface area contributed by atoms with Gasteiger partial charge in [0.1, 0.15) is 6.61 Å². The van der Waals surface area contributed by atoms with Crippen LogP contribution >= 0.6 is 22.9 Å². The lowest BCUT2D eigenvalue weighted by Crippen LogP contribution is -2.11. The predicted molar refractivity (Wildman–Crippen MR) is 87.2 cm³/mol. The van der Waals surface area contributed by atoms with E-state index in [2.05, 4.69) is 17.2 Å². The van der Waals surface area contributed by atoms with Gasteiger partial charge in [-0.1, -0.05) is 23.4 Å². The molecule has 1 aromatic carbocycles. The predicted octanol–water partition coefficient (Wildman–Crippen LogP) is 3.61. The average Bonchev–Trinajstić information content (AvgIpc) is 2.78. The molecule has 5 heteroatoms. The minimum atomic E-state index is -0.237. The largest absolute Gasteiger partial charge is 0.384 e. The number of anilines is 1. The molecule has 0 aliphatic carbocycles. The molecule has 0 unspecified atom stereocenters. The number of halogens is 1. The molecule has 2 aromatic rings. The normalized spacial score (nSPS) is 9.90. The maximum Gasteiger partial charge on any atom is 0.265 e. The molecule has 0 spiro atoms. The lowest BCUT2D eigenvalue weighted by molar-refractivity contribution is 0.103. The van der Waals surface area contributed by atoms with Crippen LogP contribution in [0.25, 0.3) is 0 Å². The van der Waals surface area contributed by atoms with Gasteiger partial charge in [-0.3, -0.25) is 4.79 Å². The van der Waals surface area contributed by atoms with Crippen LogP contribution in [0.15, 0.2) is 24.3 Å². The summed E-state index contributed by atoms with van der Waals surface area (Å²) in [4.78, 5) is 14.0. The number of carbonyl (C=O) groups excluding carboxylic acids is 1. The van der Waals surface area contributed by atoms with Gasteiger partial charge in [-0.2, -0.15) is 0 Å². The molecule has 0 saturated heterocycles. The fourth-order valence-corrected chi connectivity index (χ4v) is 2.83. The summed E-state index contributed by atoms with van der Waals surface area (Å²) in [5.41, 5.74) is 2.25. The Kier molecular flexibility index (Phi) is 5.03. The van der Waals surface area contributed by atoms with Crippen molar-refractivity contribution in [2.75, 3.05) is 11.9 Å². The van der Waals surface area contributed by atoms with Gasteiger partial charge in [-0.15, -0.1) is 11.3 Å². The molecule has 1 heterocycles. The van der Waals surface area contributed by atoms with Gasteiger partial charge >= 0.3 is 0 Å². The maximum atomic E-state index is 12.3. The first-order valence-electron chi connectivity index (χ1n) is 6.29. The van der Waals surface area contributed by atoms with Crippen LogP contribution in [0.4, 0.5) is 5.69 Å². The molecule has 1 aromatic heterocycles. The fourth-order valence-electron chi connectivity index (χ4n) is 1.73. The van der Waals surface area contributed by atoms with E-state index in [0.29, 0.717) is 21.2 Å². The van der Waals surface area contributed by atoms with E-state index < -0.39 is 0 Å². The molecule has 108 valence electrons. The van der Waals surface area contributed by atoms with Gasteiger partial charge in [-0.05, 0) is 43.7 Å². The van der Waals surface area contributed by atoms with Crippen molar-refractivity contribution in [3.63, 3.8) is 0 Å². The standard InChI is InChI=1S/C16H14ClNO2S/c1-10-8-15(21-11(10)2)16(20)18-14-9-13(17)6-5-12(14)4-3-7-19/h5-6,8-9,19H,7H2,1-2H3,(H,18,20). The molecule has 2 N–H and O–H groups in total. The van der Waals surface area contributed by atoms with Gasteiger partial charge in [0.2, 0.25) is 0 Å². The van der Waals surface area contributed by atoms with E-state index in [-0.39, 0.29) is 12.5 Å². The maximum absolute atomic E-state index is 12.3. The number of thiophene rings is 1. The highest BCUT2D eigenvalue weighted by Crippen LogP contribution is 2.24. The second kappa shape index (κ2) is 6.77. The van der Waals surface area contributed by atoms with Crippen molar-refractivity contribution < 1.29 is 9.90 Å². The molecule has 0 atom stereocenters. The molecular formula is C16H14ClNO2S. The smallest absolute Gasteiger partial charge is 0.265 e. The van der Waals surface area contributed by atoms with E-state index in [1.807, 2.05) is 19.9 Å². The van der Waals surface area contributed by atoms with Gasteiger partial charge in [0.05, 0.1) is 10.6 Å². The summed E-state index contributed by atoms with van der Waals surface area (Å²) in [5, 5.41) is 12.1. The Morgan fingerprint density at radius 3 is 2.76 bits per heavy atom. The van der Waals surface area contributed by atoms with Gasteiger partial charge < -0.3 is 10.4 Å². The monoisotopic (exact) mass is 319 g/mol. The van der Waals surface area contributed by atoms with Crippen LogP contribution in [0.2, 0.25) is 5.02 Å². The Labute approximate surface area is 132 Å². The number of amides is 1. The molecule has 0 aliphatic rings. The van der Waals surface area contributed by atoms with E-state index in [4.69, 9.17) is 16.7 Å². The van der Waals surface area contributed by atoms with E-state index in [1.165, 1.54) is 11.3 Å². The SMILES string of the molecule is Cc1cc(C(=O)Nc2cc(Cl)ccc2C#CCO)sc1C. The van der Waals surface area contributed by atoms with Crippen molar-refractivity contribution in [1.82, 2.24) is 0 Å². The molecule has 0 bridgehead atoms. The van der Waals surface area contributed by atoms with Crippen molar-refractivity contribution in [3.05, 3.63) is 50.2 Å². The topological polar surface area (TPSA) is 49.3 Å². The van der Waals surface area contributed by atoms with Crippen LogP contribution in [-0.4, -0.2) is 17.6 Å². The Morgan fingerprint density at radius 1 is 1.38 bits per heavy atom. The Balaban J connectivity index is 2.29. The Bertz CT molecular complexity index is 721. The van der Waals surface area contributed by atoms with E-state index in [1.54, 1.807) is 18.2 Å². The van der Waals surface area contributed by atoms with E-state index >= 15 is 0 Å². The lowest BCUT2D eigenvalue weighted by Gasteiger charge is -2.07. The quantitative estimate of drug-likeness (QED) is 0.831. The van der Waals surface area contributed by atoms with Crippen molar-refractivity contribution >= 4 is 34.5 Å². The first-order valence-corrected chi connectivity index (χ1v) is 7.48. The number of carbonyl (C=O) groups is 1. The third-order valence-electron chi connectivity index (χ3n) is 2.92. The molecule has 0 saturated carbocycles. The van der Waals surface area contributed by atoms with Crippen LogP contribution < -0.4 is 5.32 Å². The zero-order valence-electron chi connectivity index (χ0n) is 11.7. The van der Waals surface area contributed by atoms with Crippen molar-refractivity contribution in [2.45, 2.75) is 13.8 Å². The first kappa shape index (κ1) is 15.6. The number of nitrogens with one attached hydrogen (secondary N) is 1. The molecular weight excluding hydrogens is 306 g/mol. The number of hydrogen-bond acceptors (Lipinski definition) is 3. The van der Waals surface area contributed by atoms with Crippen LogP contribution in [0.5, 0.6) is 0 Å². The van der Waals surface area contributed by atoms with Gasteiger partial charge in [0.25, 0.3) is 5.91 Å². The molecule has 2 rings (SSSR count). The zero-order valence-corrected chi connectivity index (χ0v) is 13.2. The van der Waals surface area contributed by atoms with Gasteiger partial charge in [0, 0.05) is 15.5 Å². The second-order valence-corrected chi connectivity index (χ2v) is 6.15. The fraction of sp³-hybridized carbons (Fsp3) is 0.188. The molecule has 0 aliphatic heterocycles. The molecule has 0 fully saturated rings. The highest BCUT2D eigenvalue weighted by Gasteiger charge is 2.12. The number of aryl methyl sites for hydroxylation is 2. The Hall–Kier alpha value is -1.80. The van der Waals surface area contributed by atoms with Crippen molar-refractivity contribution in [3.8, 4) is 11.8 Å². The summed E-state index contributed by atoms with van der Waals surface area (Å²) in [5.74, 6) is 5.17. The third kappa shape index (κ3) is 3.85. The van der Waals surface area contributed by atoms with Crippen LogP contribution in [0.1, 0.15) is 25.7 Å². The van der Waals surface area contributed by atoms with Crippen molar-refractivity contribution in [1.29, 1.82) is 0 Å². The minimum Gasteiger partial charge on any atom is -0.384 e. The lowest BCUT2D eigenvalue weighted by atomic mass is 10.1. The molecule has 1 amide bonds. The number of aliphatic hydroxyl groups is 1. The van der Waals surface area contributed by atoms with Crippen LogP contribution in [0.3, 0.4) is 0 Å². The summed E-state index contributed by atoms with van der Waals surface area (Å²) in [7, 11) is 0.